The van der Waals surface area contributed by atoms with Gasteiger partial charge in [-0.1, -0.05) is 99.4 Å². The van der Waals surface area contributed by atoms with Crippen LogP contribution in [-0.2, 0) is 0 Å². The summed E-state index contributed by atoms with van der Waals surface area (Å²) < 4.78 is 0. The van der Waals surface area contributed by atoms with Gasteiger partial charge in [-0.3, -0.25) is 0 Å². The predicted molar refractivity (Wildman–Crippen MR) is 107 cm³/mol. The minimum atomic E-state index is -2.35. The molecular formula is C16H32BrCl3Si. The summed E-state index contributed by atoms with van der Waals surface area (Å²) in [4.78, 5) is 0. The van der Waals surface area contributed by atoms with E-state index in [-0.39, 0.29) is 0 Å². The van der Waals surface area contributed by atoms with Crippen LogP contribution in [0.3, 0.4) is 0 Å². The van der Waals surface area contributed by atoms with Gasteiger partial charge in [-0.2, -0.15) is 0 Å². The first-order valence-corrected chi connectivity index (χ1v) is 15.1. The Balaban J connectivity index is 3.00. The molecule has 0 rings (SSSR count). The third-order valence-corrected chi connectivity index (χ3v) is 7.03. The number of hydrogen-bond donors (Lipinski definition) is 0. The standard InChI is InChI=1S/C16H32BrCl3Si/c17-15-13-11-9-7-5-3-1-2-4-6-8-10-12-14-16-21(18,19)20/h1-16H2. The first-order valence-electron chi connectivity index (χ1n) is 8.69. The van der Waals surface area contributed by atoms with Crippen LogP contribution >= 0.6 is 49.2 Å². The maximum absolute atomic E-state index is 5.86. The number of hydrogen-bond acceptors (Lipinski definition) is 0. The van der Waals surface area contributed by atoms with Gasteiger partial charge in [0.25, 0.3) is 0 Å². The first kappa shape index (κ1) is 22.6. The molecule has 0 N–H and O–H groups in total. The molecule has 5 heteroatoms. The fourth-order valence-electron chi connectivity index (χ4n) is 2.54. The summed E-state index contributed by atoms with van der Waals surface area (Å²) in [6, 6.07) is -1.52. The zero-order chi connectivity index (χ0) is 15.8. The third kappa shape index (κ3) is 21.6. The Morgan fingerprint density at radius 2 is 0.762 bits per heavy atom. The van der Waals surface area contributed by atoms with Crippen molar-refractivity contribution in [2.45, 2.75) is 95.9 Å². The highest BCUT2D eigenvalue weighted by Crippen LogP contribution is 2.27. The molecule has 0 atom stereocenters. The van der Waals surface area contributed by atoms with E-state index in [0.717, 1.165) is 12.5 Å². The van der Waals surface area contributed by atoms with Gasteiger partial charge in [0.15, 0.2) is 0 Å². The van der Waals surface area contributed by atoms with Crippen LogP contribution in [0.5, 0.6) is 0 Å². The van der Waals surface area contributed by atoms with Crippen molar-refractivity contribution in [1.29, 1.82) is 0 Å². The zero-order valence-electron chi connectivity index (χ0n) is 13.3. The monoisotopic (exact) mass is 436 g/mol. The fraction of sp³-hybridized carbons (Fsp3) is 1.00. The van der Waals surface area contributed by atoms with E-state index >= 15 is 0 Å². The third-order valence-electron chi connectivity index (χ3n) is 3.84. The van der Waals surface area contributed by atoms with Crippen molar-refractivity contribution in [3.63, 3.8) is 0 Å². The largest absolute Gasteiger partial charge is 0.341 e. The SMILES string of the molecule is Cl[Si](Cl)(Cl)CCCCCCCCCCCCCCCCBr. The first-order chi connectivity index (χ1) is 10.1. The summed E-state index contributed by atoms with van der Waals surface area (Å²) >= 11 is 21.1. The van der Waals surface area contributed by atoms with Crippen LogP contribution in [0.4, 0.5) is 0 Å². The summed E-state index contributed by atoms with van der Waals surface area (Å²) in [6.07, 6.45) is 19.1. The molecule has 0 fully saturated rings. The van der Waals surface area contributed by atoms with Crippen LogP contribution < -0.4 is 0 Å². The Labute approximate surface area is 155 Å². The maximum atomic E-state index is 5.86. The van der Waals surface area contributed by atoms with E-state index in [4.69, 9.17) is 33.2 Å². The second-order valence-corrected chi connectivity index (χ2v) is 16.1. The molecule has 0 aliphatic rings. The molecule has 0 aromatic rings. The van der Waals surface area contributed by atoms with Crippen molar-refractivity contribution < 1.29 is 0 Å². The Hall–Kier alpha value is 1.57. The minimum Gasteiger partial charge on any atom is -0.126 e. The summed E-state index contributed by atoms with van der Waals surface area (Å²) in [5.74, 6) is 0. The van der Waals surface area contributed by atoms with Crippen LogP contribution in [0.25, 0.3) is 0 Å². The zero-order valence-corrected chi connectivity index (χ0v) is 18.2. The quantitative estimate of drug-likeness (QED) is 0.0980. The van der Waals surface area contributed by atoms with E-state index in [1.54, 1.807) is 0 Å². The Kier molecular flexibility index (Phi) is 17.7. The molecule has 0 spiro atoms. The molecule has 0 aromatic heterocycles. The fourth-order valence-corrected chi connectivity index (χ4v) is 4.79. The highest BCUT2D eigenvalue weighted by molar-refractivity contribution is 9.09. The number of halogens is 4. The van der Waals surface area contributed by atoms with Gasteiger partial charge in [0.05, 0.1) is 0 Å². The van der Waals surface area contributed by atoms with Gasteiger partial charge < -0.3 is 0 Å². The van der Waals surface area contributed by atoms with Gasteiger partial charge in [-0.25, -0.2) is 0 Å². The highest BCUT2D eigenvalue weighted by atomic mass is 79.9. The van der Waals surface area contributed by atoms with Crippen LogP contribution in [0.15, 0.2) is 0 Å². The van der Waals surface area contributed by atoms with E-state index in [1.807, 2.05) is 0 Å². The molecule has 0 aliphatic heterocycles. The normalized spacial score (nSPS) is 12.0. The second kappa shape index (κ2) is 16.4. The van der Waals surface area contributed by atoms with Crippen LogP contribution in [0, 0.1) is 0 Å². The number of unbranched alkanes of at least 4 members (excludes halogenated alkanes) is 13. The average molecular weight is 439 g/mol. The summed E-state index contributed by atoms with van der Waals surface area (Å²) in [5.41, 5.74) is 0. The number of alkyl halides is 1. The molecule has 0 saturated heterocycles. The Morgan fingerprint density at radius 3 is 1.05 bits per heavy atom. The van der Waals surface area contributed by atoms with Gasteiger partial charge in [-0.05, 0) is 12.5 Å². The summed E-state index contributed by atoms with van der Waals surface area (Å²) in [5, 5.41) is 1.17. The molecule has 128 valence electrons. The molecule has 0 amide bonds. The van der Waals surface area contributed by atoms with Crippen molar-refractivity contribution in [2.24, 2.45) is 0 Å². The van der Waals surface area contributed by atoms with Crippen molar-refractivity contribution in [1.82, 2.24) is 0 Å². The Morgan fingerprint density at radius 1 is 0.476 bits per heavy atom. The smallest absolute Gasteiger partial charge is 0.126 e. The van der Waals surface area contributed by atoms with Crippen LogP contribution in [0.1, 0.15) is 89.9 Å². The molecule has 0 nitrogen and oxygen atoms in total. The lowest BCUT2D eigenvalue weighted by molar-refractivity contribution is 0.538. The molecular weight excluding hydrogens is 407 g/mol. The van der Waals surface area contributed by atoms with E-state index < -0.39 is 6.00 Å². The molecule has 0 unspecified atom stereocenters. The molecule has 0 heterocycles. The van der Waals surface area contributed by atoms with E-state index in [2.05, 4.69) is 15.9 Å². The minimum absolute atomic E-state index is 0.827. The number of rotatable bonds is 16. The molecule has 0 aromatic carbocycles. The van der Waals surface area contributed by atoms with Crippen molar-refractivity contribution in [2.75, 3.05) is 5.33 Å². The Bertz CT molecular complexity index is 210. The predicted octanol–water partition coefficient (Wildman–Crippen LogP) is 8.50. The van der Waals surface area contributed by atoms with Gasteiger partial charge in [0.2, 0.25) is 0 Å². The van der Waals surface area contributed by atoms with Crippen molar-refractivity contribution in [3.05, 3.63) is 0 Å². The van der Waals surface area contributed by atoms with E-state index in [9.17, 15) is 0 Å². The molecule has 21 heavy (non-hydrogen) atoms. The molecule has 0 bridgehead atoms. The van der Waals surface area contributed by atoms with Gasteiger partial charge in [0, 0.05) is 5.33 Å². The van der Waals surface area contributed by atoms with Crippen LogP contribution in [0.2, 0.25) is 6.04 Å². The lowest BCUT2D eigenvalue weighted by Crippen LogP contribution is -2.07. The summed E-state index contributed by atoms with van der Waals surface area (Å²) in [7, 11) is 0. The lowest BCUT2D eigenvalue weighted by atomic mass is 10.0. The maximum Gasteiger partial charge on any atom is 0.341 e. The van der Waals surface area contributed by atoms with Crippen LogP contribution in [-0.4, -0.2) is 11.3 Å². The van der Waals surface area contributed by atoms with E-state index in [0.29, 0.717) is 0 Å². The van der Waals surface area contributed by atoms with Gasteiger partial charge in [-0.15, -0.1) is 33.2 Å². The topological polar surface area (TPSA) is 0 Å². The van der Waals surface area contributed by atoms with Crippen molar-refractivity contribution in [3.8, 4) is 0 Å². The second-order valence-electron chi connectivity index (χ2n) is 6.00. The van der Waals surface area contributed by atoms with Gasteiger partial charge >= 0.3 is 6.00 Å². The molecule has 0 aliphatic carbocycles. The lowest BCUT2D eigenvalue weighted by Gasteiger charge is -2.06. The molecule has 0 radical (unpaired) electrons. The van der Waals surface area contributed by atoms with E-state index in [1.165, 1.54) is 88.8 Å². The summed E-state index contributed by atoms with van der Waals surface area (Å²) in [6.45, 7) is 0. The highest BCUT2D eigenvalue weighted by Gasteiger charge is 2.23. The average Bonchev–Trinajstić information content (AvgIpc) is 2.42. The van der Waals surface area contributed by atoms with Gasteiger partial charge in [0.1, 0.15) is 0 Å². The molecule has 0 saturated carbocycles. The van der Waals surface area contributed by atoms with Crippen molar-refractivity contribution >= 4 is 55.2 Å².